The first kappa shape index (κ1) is 14.7. The SMILES string of the molecule is CC1=NN(c2ccccc2)C(=O)C1=Cc1ccc(C(=O)O)cc1. The molecule has 0 aliphatic carbocycles. The van der Waals surface area contributed by atoms with Crippen LogP contribution in [0.5, 0.6) is 0 Å². The molecule has 1 aliphatic heterocycles. The highest BCUT2D eigenvalue weighted by atomic mass is 16.4. The number of carboxylic acid groups (broad SMARTS) is 1. The Morgan fingerprint density at radius 2 is 1.74 bits per heavy atom. The minimum Gasteiger partial charge on any atom is -0.478 e. The maximum atomic E-state index is 12.5. The van der Waals surface area contributed by atoms with Crippen molar-refractivity contribution in [2.75, 3.05) is 5.01 Å². The predicted octanol–water partition coefficient (Wildman–Crippen LogP) is 3.19. The number of carboxylic acids is 1. The minimum atomic E-state index is -0.978. The Labute approximate surface area is 133 Å². The summed E-state index contributed by atoms with van der Waals surface area (Å²) in [6.45, 7) is 1.78. The fraction of sp³-hybridized carbons (Fsp3) is 0.0556. The molecule has 0 fully saturated rings. The third-order valence-electron chi connectivity index (χ3n) is 3.53. The molecular weight excluding hydrogens is 292 g/mol. The smallest absolute Gasteiger partial charge is 0.335 e. The van der Waals surface area contributed by atoms with Gasteiger partial charge in [-0.05, 0) is 42.8 Å². The molecule has 23 heavy (non-hydrogen) atoms. The maximum absolute atomic E-state index is 12.5. The van der Waals surface area contributed by atoms with Crippen molar-refractivity contribution in [3.63, 3.8) is 0 Å². The number of amides is 1. The number of hydrazone groups is 1. The molecule has 2 aromatic rings. The van der Waals surface area contributed by atoms with E-state index in [4.69, 9.17) is 5.11 Å². The predicted molar refractivity (Wildman–Crippen MR) is 88.4 cm³/mol. The minimum absolute atomic E-state index is 0.198. The van der Waals surface area contributed by atoms with Crippen molar-refractivity contribution in [2.24, 2.45) is 5.10 Å². The largest absolute Gasteiger partial charge is 0.478 e. The average molecular weight is 306 g/mol. The van der Waals surface area contributed by atoms with Crippen LogP contribution in [-0.2, 0) is 4.79 Å². The molecule has 0 spiro atoms. The summed E-state index contributed by atoms with van der Waals surface area (Å²) in [5.41, 5.74) is 2.79. The molecule has 114 valence electrons. The summed E-state index contributed by atoms with van der Waals surface area (Å²) in [5.74, 6) is -1.18. The Bertz CT molecular complexity index is 821. The van der Waals surface area contributed by atoms with Gasteiger partial charge in [0, 0.05) is 0 Å². The van der Waals surface area contributed by atoms with Crippen LogP contribution in [0, 0.1) is 0 Å². The molecule has 5 nitrogen and oxygen atoms in total. The lowest BCUT2D eigenvalue weighted by Crippen LogP contribution is -2.21. The Balaban J connectivity index is 1.90. The second-order valence-corrected chi connectivity index (χ2v) is 5.12. The molecule has 1 amide bonds. The standard InChI is InChI=1S/C18H14N2O3/c1-12-16(11-13-7-9-14(10-8-13)18(22)23)17(21)20(19-12)15-5-3-2-4-6-15/h2-11H,1H3,(H,22,23). The van der Waals surface area contributed by atoms with Gasteiger partial charge >= 0.3 is 5.97 Å². The van der Waals surface area contributed by atoms with Gasteiger partial charge in [0.05, 0.1) is 22.5 Å². The highest BCUT2D eigenvalue weighted by Gasteiger charge is 2.28. The molecule has 1 heterocycles. The molecule has 3 rings (SSSR count). The van der Waals surface area contributed by atoms with Crippen LogP contribution < -0.4 is 5.01 Å². The summed E-state index contributed by atoms with van der Waals surface area (Å²) in [5, 5.41) is 14.6. The van der Waals surface area contributed by atoms with Crippen LogP contribution in [0.1, 0.15) is 22.8 Å². The lowest BCUT2D eigenvalue weighted by atomic mass is 10.1. The first-order chi connectivity index (χ1) is 11.1. The topological polar surface area (TPSA) is 70.0 Å². The zero-order valence-corrected chi connectivity index (χ0v) is 12.4. The fourth-order valence-corrected chi connectivity index (χ4v) is 2.32. The number of aromatic carboxylic acids is 1. The fourth-order valence-electron chi connectivity index (χ4n) is 2.32. The van der Waals surface area contributed by atoms with Gasteiger partial charge in [-0.2, -0.15) is 10.1 Å². The number of hydrogen-bond donors (Lipinski definition) is 1. The Hall–Kier alpha value is -3.21. The number of benzene rings is 2. The molecule has 0 saturated carbocycles. The van der Waals surface area contributed by atoms with Crippen molar-refractivity contribution < 1.29 is 14.7 Å². The summed E-state index contributed by atoms with van der Waals surface area (Å²) >= 11 is 0. The van der Waals surface area contributed by atoms with E-state index in [1.165, 1.54) is 17.1 Å². The number of hydrogen-bond acceptors (Lipinski definition) is 3. The van der Waals surface area contributed by atoms with Crippen LogP contribution >= 0.6 is 0 Å². The van der Waals surface area contributed by atoms with Crippen molar-refractivity contribution in [3.8, 4) is 0 Å². The average Bonchev–Trinajstić information content (AvgIpc) is 2.84. The Morgan fingerprint density at radius 3 is 2.35 bits per heavy atom. The van der Waals surface area contributed by atoms with Crippen molar-refractivity contribution in [3.05, 3.63) is 71.3 Å². The van der Waals surface area contributed by atoms with Gasteiger partial charge in [0.15, 0.2) is 0 Å². The van der Waals surface area contributed by atoms with E-state index in [9.17, 15) is 9.59 Å². The van der Waals surface area contributed by atoms with E-state index in [0.717, 1.165) is 5.56 Å². The molecule has 1 aliphatic rings. The first-order valence-corrected chi connectivity index (χ1v) is 7.06. The third-order valence-corrected chi connectivity index (χ3v) is 3.53. The van der Waals surface area contributed by atoms with Crippen LogP contribution in [0.25, 0.3) is 6.08 Å². The lowest BCUT2D eigenvalue weighted by Gasteiger charge is -2.11. The number of anilines is 1. The molecule has 0 saturated heterocycles. The molecule has 0 atom stereocenters. The van der Waals surface area contributed by atoms with Crippen LogP contribution in [0.3, 0.4) is 0 Å². The van der Waals surface area contributed by atoms with E-state index < -0.39 is 5.97 Å². The molecular formula is C18H14N2O3. The van der Waals surface area contributed by atoms with Crippen molar-refractivity contribution in [1.82, 2.24) is 0 Å². The number of rotatable bonds is 3. The van der Waals surface area contributed by atoms with E-state index >= 15 is 0 Å². The normalized spacial score (nSPS) is 15.9. The molecule has 2 aromatic carbocycles. The van der Waals surface area contributed by atoms with Crippen LogP contribution in [0.4, 0.5) is 5.69 Å². The third kappa shape index (κ3) is 2.89. The van der Waals surface area contributed by atoms with Crippen LogP contribution in [-0.4, -0.2) is 22.7 Å². The van der Waals surface area contributed by atoms with Gasteiger partial charge in [-0.1, -0.05) is 30.3 Å². The van der Waals surface area contributed by atoms with Gasteiger partial charge in [0.25, 0.3) is 5.91 Å². The summed E-state index contributed by atoms with van der Waals surface area (Å²) in [6.07, 6.45) is 1.72. The van der Waals surface area contributed by atoms with Crippen molar-refractivity contribution >= 4 is 29.4 Å². The summed E-state index contributed by atoms with van der Waals surface area (Å²) in [4.78, 5) is 23.4. The van der Waals surface area contributed by atoms with Crippen LogP contribution in [0.15, 0.2) is 65.3 Å². The van der Waals surface area contributed by atoms with E-state index in [1.807, 2.05) is 30.3 Å². The zero-order valence-electron chi connectivity index (χ0n) is 12.4. The maximum Gasteiger partial charge on any atom is 0.335 e. The number of nitrogens with zero attached hydrogens (tertiary/aromatic N) is 2. The van der Waals surface area contributed by atoms with Gasteiger partial charge in [0.2, 0.25) is 0 Å². The van der Waals surface area contributed by atoms with Crippen LogP contribution in [0.2, 0.25) is 0 Å². The summed E-state index contributed by atoms with van der Waals surface area (Å²) < 4.78 is 0. The van der Waals surface area contributed by atoms with E-state index in [2.05, 4.69) is 5.10 Å². The number of carbonyl (C=O) groups is 2. The molecule has 0 bridgehead atoms. The highest BCUT2D eigenvalue weighted by Crippen LogP contribution is 2.24. The molecule has 1 N–H and O–H groups in total. The first-order valence-electron chi connectivity index (χ1n) is 7.06. The Morgan fingerprint density at radius 1 is 1.09 bits per heavy atom. The zero-order chi connectivity index (χ0) is 16.4. The van der Waals surface area contributed by atoms with Gasteiger partial charge in [-0.15, -0.1) is 0 Å². The van der Waals surface area contributed by atoms with Gasteiger partial charge in [0.1, 0.15) is 0 Å². The summed E-state index contributed by atoms with van der Waals surface area (Å²) in [7, 11) is 0. The molecule has 0 radical (unpaired) electrons. The Kier molecular flexibility index (Phi) is 3.76. The molecule has 0 unspecified atom stereocenters. The summed E-state index contributed by atoms with van der Waals surface area (Å²) in [6, 6.07) is 15.6. The van der Waals surface area contributed by atoms with Gasteiger partial charge in [-0.3, -0.25) is 4.79 Å². The van der Waals surface area contributed by atoms with E-state index in [1.54, 1.807) is 25.1 Å². The van der Waals surface area contributed by atoms with E-state index in [0.29, 0.717) is 17.0 Å². The number of para-hydroxylation sites is 1. The van der Waals surface area contributed by atoms with Crippen molar-refractivity contribution in [2.45, 2.75) is 6.92 Å². The second kappa shape index (κ2) is 5.88. The van der Waals surface area contributed by atoms with E-state index in [-0.39, 0.29) is 11.5 Å². The van der Waals surface area contributed by atoms with Gasteiger partial charge < -0.3 is 5.11 Å². The highest BCUT2D eigenvalue weighted by molar-refractivity contribution is 6.32. The monoisotopic (exact) mass is 306 g/mol. The molecule has 0 aromatic heterocycles. The van der Waals surface area contributed by atoms with Gasteiger partial charge in [-0.25, -0.2) is 4.79 Å². The lowest BCUT2D eigenvalue weighted by molar-refractivity contribution is -0.114. The second-order valence-electron chi connectivity index (χ2n) is 5.12. The molecule has 5 heteroatoms. The van der Waals surface area contributed by atoms with Crippen molar-refractivity contribution in [1.29, 1.82) is 0 Å². The quantitative estimate of drug-likeness (QED) is 0.885. The number of carbonyl (C=O) groups excluding carboxylic acids is 1.